The number of amides is 1. The van der Waals surface area contributed by atoms with Crippen molar-refractivity contribution in [2.24, 2.45) is 0 Å². The van der Waals surface area contributed by atoms with Crippen LogP contribution >= 0.6 is 11.3 Å². The maximum absolute atomic E-state index is 14.0. The summed E-state index contributed by atoms with van der Waals surface area (Å²) in [6.45, 7) is 3.07. The lowest BCUT2D eigenvalue weighted by atomic mass is 10.0. The summed E-state index contributed by atoms with van der Waals surface area (Å²) in [5.74, 6) is -0.176. The topological polar surface area (TPSA) is 134 Å². The molecule has 1 saturated heterocycles. The minimum absolute atomic E-state index is 0.122. The molecule has 220 valence electrons. The van der Waals surface area contributed by atoms with E-state index in [4.69, 9.17) is 9.84 Å². The number of thiophene rings is 1. The molecule has 0 bridgehead atoms. The number of piperidine rings is 1. The molecule has 5 rings (SSSR count). The Morgan fingerprint density at radius 3 is 2.54 bits per heavy atom. The van der Waals surface area contributed by atoms with Gasteiger partial charge in [-0.25, -0.2) is 13.8 Å². The number of nitrogens with zero attached hydrogens (tertiary/aromatic N) is 6. The summed E-state index contributed by atoms with van der Waals surface area (Å²) >= 11 is 1.23. The molecule has 1 atom stereocenters. The van der Waals surface area contributed by atoms with Gasteiger partial charge in [-0.05, 0) is 49.9 Å². The van der Waals surface area contributed by atoms with E-state index in [1.807, 2.05) is 0 Å². The Hall–Kier alpha value is -3.88. The average molecular weight is 589 g/mol. The predicted molar refractivity (Wildman–Crippen MR) is 152 cm³/mol. The quantitative estimate of drug-likeness (QED) is 0.330. The molecule has 1 unspecified atom stereocenters. The lowest BCUT2D eigenvalue weighted by molar-refractivity contribution is -0.136. The fraction of sp³-hybridized carbons (Fsp3) is 0.444. The summed E-state index contributed by atoms with van der Waals surface area (Å²) in [5.41, 5.74) is 0.137. The molecule has 12 nitrogen and oxygen atoms in total. The summed E-state index contributed by atoms with van der Waals surface area (Å²) in [4.78, 5) is 44.0. The van der Waals surface area contributed by atoms with E-state index >= 15 is 0 Å². The van der Waals surface area contributed by atoms with Gasteiger partial charge < -0.3 is 19.5 Å². The van der Waals surface area contributed by atoms with Crippen LogP contribution in [0.1, 0.15) is 30.0 Å². The molecule has 3 aromatic heterocycles. The van der Waals surface area contributed by atoms with Crippen LogP contribution in [0.25, 0.3) is 15.2 Å². The van der Waals surface area contributed by atoms with Crippen LogP contribution in [0.3, 0.4) is 0 Å². The van der Waals surface area contributed by atoms with Crippen LogP contribution < -0.4 is 16.0 Å². The highest BCUT2D eigenvalue weighted by Crippen LogP contribution is 2.31. The van der Waals surface area contributed by atoms with Gasteiger partial charge in [0.05, 0.1) is 38.1 Å². The zero-order valence-electron chi connectivity index (χ0n) is 23.4. The second kappa shape index (κ2) is 13.2. The Kier molecular flexibility index (Phi) is 9.68. The van der Waals surface area contributed by atoms with Crippen LogP contribution in [-0.4, -0.2) is 81.1 Å². The fourth-order valence-electron chi connectivity index (χ4n) is 4.85. The number of fused-ring (bicyclic) bond motifs is 1. The molecule has 1 N–H and O–H groups in total. The number of halogens is 1. The Labute approximate surface area is 239 Å². The zero-order valence-corrected chi connectivity index (χ0v) is 24.2. The van der Waals surface area contributed by atoms with E-state index in [-0.39, 0.29) is 25.5 Å². The lowest BCUT2D eigenvalue weighted by Crippen LogP contribution is -2.49. The van der Waals surface area contributed by atoms with Crippen LogP contribution in [0.2, 0.25) is 0 Å². The number of likely N-dealkylation sites (tertiary alicyclic amines) is 1. The number of rotatable bonds is 8. The first kappa shape index (κ1) is 30.1. The first-order valence-corrected chi connectivity index (χ1v) is 13.9. The summed E-state index contributed by atoms with van der Waals surface area (Å²) in [7, 11) is 4.72. The number of ether oxygens (including phenoxy) is 2. The number of aromatic nitrogens is 5. The summed E-state index contributed by atoms with van der Waals surface area (Å²) in [5, 5.41) is 17.3. The highest BCUT2D eigenvalue weighted by Gasteiger charge is 2.32. The Bertz CT molecular complexity index is 1630. The summed E-state index contributed by atoms with van der Waals surface area (Å²) in [6.07, 6.45) is 4.42. The molecular weight excluding hydrogens is 555 g/mol. The number of aryl methyl sites for hydroxylation is 3. The number of hydrogen-bond donors (Lipinski definition) is 1. The molecule has 0 aliphatic carbocycles. The van der Waals surface area contributed by atoms with E-state index in [1.165, 1.54) is 58.4 Å². The Morgan fingerprint density at radius 1 is 1.17 bits per heavy atom. The van der Waals surface area contributed by atoms with Crippen LogP contribution in [0.4, 0.5) is 4.39 Å². The van der Waals surface area contributed by atoms with Crippen LogP contribution in [0, 0.1) is 12.7 Å². The molecule has 0 spiro atoms. The predicted octanol–water partition coefficient (Wildman–Crippen LogP) is 1.92. The normalized spacial score (nSPS) is 15.2. The molecule has 4 aromatic rings. The number of hydrogen-bond acceptors (Lipinski definition) is 9. The molecule has 4 heterocycles. The number of aliphatic hydroxyl groups is 1. The number of benzene rings is 1. The molecule has 1 amide bonds. The van der Waals surface area contributed by atoms with Crippen molar-refractivity contribution in [1.82, 2.24) is 29.0 Å². The smallest absolute Gasteiger partial charge is 0.332 e. The SMILES string of the molecule is COCCO.COc1ccc(F)cc1CCn1c(=O)n(C2CCCN(C)C2=O)c(=O)c2c(C)c(-n3nccn3)sc21. The number of aliphatic hydroxyl groups excluding tert-OH is 1. The van der Waals surface area contributed by atoms with Crippen molar-refractivity contribution in [1.29, 1.82) is 0 Å². The molecule has 1 fully saturated rings. The lowest BCUT2D eigenvalue weighted by Gasteiger charge is -2.30. The van der Waals surface area contributed by atoms with Crippen molar-refractivity contribution in [3.63, 3.8) is 0 Å². The van der Waals surface area contributed by atoms with E-state index in [0.717, 1.165) is 4.57 Å². The summed E-state index contributed by atoms with van der Waals surface area (Å²) < 4.78 is 26.4. The van der Waals surface area contributed by atoms with Gasteiger partial charge in [0, 0.05) is 32.8 Å². The average Bonchev–Trinajstić information content (AvgIpc) is 3.60. The number of carbonyl (C=O) groups is 1. The summed E-state index contributed by atoms with van der Waals surface area (Å²) in [6, 6.07) is 3.34. The molecular formula is C27H33FN6O6S. The molecule has 1 aromatic carbocycles. The molecule has 0 radical (unpaired) electrons. The van der Waals surface area contributed by atoms with Gasteiger partial charge in [0.25, 0.3) is 5.56 Å². The van der Waals surface area contributed by atoms with Crippen molar-refractivity contribution >= 4 is 27.5 Å². The van der Waals surface area contributed by atoms with Gasteiger partial charge in [0.15, 0.2) is 0 Å². The molecule has 41 heavy (non-hydrogen) atoms. The van der Waals surface area contributed by atoms with Crippen molar-refractivity contribution < 1.29 is 23.8 Å². The van der Waals surface area contributed by atoms with Crippen molar-refractivity contribution in [3.05, 3.63) is 68.4 Å². The monoisotopic (exact) mass is 588 g/mol. The largest absolute Gasteiger partial charge is 0.496 e. The molecule has 14 heteroatoms. The van der Waals surface area contributed by atoms with Crippen molar-refractivity contribution in [2.45, 2.75) is 38.8 Å². The zero-order chi connectivity index (χ0) is 29.7. The van der Waals surface area contributed by atoms with Gasteiger partial charge in [0.1, 0.15) is 27.4 Å². The van der Waals surface area contributed by atoms with Crippen LogP contribution in [0.5, 0.6) is 5.75 Å². The third-order valence-corrected chi connectivity index (χ3v) is 8.19. The minimum Gasteiger partial charge on any atom is -0.496 e. The molecule has 1 aliphatic rings. The molecule has 0 saturated carbocycles. The van der Waals surface area contributed by atoms with Gasteiger partial charge in [-0.15, -0.1) is 4.80 Å². The van der Waals surface area contributed by atoms with E-state index in [1.54, 1.807) is 26.0 Å². The van der Waals surface area contributed by atoms with Crippen molar-refractivity contribution in [3.8, 4) is 10.8 Å². The Balaban J connectivity index is 0.000000714. The van der Waals surface area contributed by atoms with Gasteiger partial charge in [-0.2, -0.15) is 10.2 Å². The second-order valence-corrected chi connectivity index (χ2v) is 10.5. The van der Waals surface area contributed by atoms with E-state index in [9.17, 15) is 18.8 Å². The highest BCUT2D eigenvalue weighted by atomic mass is 32.1. The first-order valence-electron chi connectivity index (χ1n) is 13.1. The maximum atomic E-state index is 14.0. The van der Waals surface area contributed by atoms with E-state index < -0.39 is 23.1 Å². The number of carbonyl (C=O) groups excluding carboxylic acids is 1. The van der Waals surface area contributed by atoms with Gasteiger partial charge in [-0.1, -0.05) is 11.3 Å². The third-order valence-electron chi connectivity index (χ3n) is 6.90. The minimum atomic E-state index is -0.881. The second-order valence-electron chi connectivity index (χ2n) is 9.48. The number of likely N-dealkylation sites (N-methyl/N-ethyl adjacent to an activating group) is 1. The standard InChI is InChI=1S/C24H25FN6O4S.C3H8O2/c1-14-19-21(33)30(17-5-4-11-28(2)20(17)32)24(34)29(23(19)36-22(14)31-26-9-10-27-31)12-8-15-13-16(25)6-7-18(15)35-3;1-5-3-2-4/h6-7,9-10,13,17H,4-5,8,11-12H2,1-3H3;4H,2-3H2,1H3. The van der Waals surface area contributed by atoms with Crippen molar-refractivity contribution in [2.75, 3.05) is 41.0 Å². The number of methoxy groups -OCH3 is 2. The highest BCUT2D eigenvalue weighted by molar-refractivity contribution is 7.21. The fourth-order valence-corrected chi connectivity index (χ4v) is 6.09. The Morgan fingerprint density at radius 2 is 1.90 bits per heavy atom. The van der Waals surface area contributed by atoms with Gasteiger partial charge in [-0.3, -0.25) is 14.2 Å². The first-order chi connectivity index (χ1) is 19.7. The van der Waals surface area contributed by atoms with Gasteiger partial charge in [0.2, 0.25) is 5.91 Å². The van der Waals surface area contributed by atoms with E-state index in [2.05, 4.69) is 14.9 Å². The van der Waals surface area contributed by atoms with Crippen LogP contribution in [-0.2, 0) is 22.5 Å². The van der Waals surface area contributed by atoms with Gasteiger partial charge >= 0.3 is 5.69 Å². The van der Waals surface area contributed by atoms with E-state index in [0.29, 0.717) is 58.1 Å². The third kappa shape index (κ3) is 6.09. The van der Waals surface area contributed by atoms with Crippen LogP contribution in [0.15, 0.2) is 40.2 Å². The molecule has 1 aliphatic heterocycles. The maximum Gasteiger partial charge on any atom is 0.332 e.